The van der Waals surface area contributed by atoms with Crippen molar-refractivity contribution in [3.05, 3.63) is 0 Å². The first-order valence-corrected chi connectivity index (χ1v) is 9.39. The lowest BCUT2D eigenvalue weighted by atomic mass is 9.73. The molecule has 2 N–H and O–H groups in total. The fourth-order valence-electron chi connectivity index (χ4n) is 3.78. The lowest BCUT2D eigenvalue weighted by molar-refractivity contribution is 0.127. The van der Waals surface area contributed by atoms with Crippen molar-refractivity contribution in [2.45, 2.75) is 64.6 Å². The molecule has 0 radical (unpaired) electrons. The first-order chi connectivity index (χ1) is 12.5. The average molecular weight is 366 g/mol. The maximum absolute atomic E-state index is 11.6. The van der Waals surface area contributed by atoms with E-state index in [1.54, 1.807) is 0 Å². The number of nitrogens with zero attached hydrogens (tertiary/aromatic N) is 2. The number of nitrogens with one attached hydrogen (secondary N) is 2. The van der Waals surface area contributed by atoms with Crippen LogP contribution in [0.15, 0.2) is 10.2 Å². The summed E-state index contributed by atoms with van der Waals surface area (Å²) in [7, 11) is 3.06. The first kappa shape index (κ1) is 20.2. The van der Waals surface area contributed by atoms with Gasteiger partial charge in [-0.1, -0.05) is 25.7 Å². The Balaban J connectivity index is 2.27. The Hall–Kier alpha value is -2.12. The van der Waals surface area contributed by atoms with Crippen molar-refractivity contribution in [3.8, 4) is 0 Å². The van der Waals surface area contributed by atoms with Gasteiger partial charge in [0.1, 0.15) is 12.2 Å². The van der Waals surface area contributed by atoms with Gasteiger partial charge in [0.2, 0.25) is 0 Å². The van der Waals surface area contributed by atoms with Gasteiger partial charge in [0.25, 0.3) is 0 Å². The van der Waals surface area contributed by atoms with E-state index in [1.165, 1.54) is 26.9 Å². The zero-order valence-electron chi connectivity index (χ0n) is 16.1. The highest BCUT2D eigenvalue weighted by Gasteiger charge is 2.39. The van der Waals surface area contributed by atoms with Crippen molar-refractivity contribution < 1.29 is 19.1 Å². The summed E-state index contributed by atoms with van der Waals surface area (Å²) in [4.78, 5) is 23.2. The van der Waals surface area contributed by atoms with E-state index in [-0.39, 0.29) is 11.8 Å². The van der Waals surface area contributed by atoms with E-state index in [0.717, 1.165) is 37.1 Å². The van der Waals surface area contributed by atoms with Crippen molar-refractivity contribution in [2.75, 3.05) is 14.1 Å². The molecule has 0 spiro atoms. The molecule has 0 saturated heterocycles. The molecule has 146 valence electrons. The van der Waals surface area contributed by atoms with Crippen LogP contribution in [-0.2, 0) is 9.47 Å². The van der Waals surface area contributed by atoms with Crippen molar-refractivity contribution in [1.82, 2.24) is 10.6 Å². The molecular formula is C18H30N4O4. The Bertz CT molecular complexity index is 526. The van der Waals surface area contributed by atoms with Gasteiger partial charge in [0, 0.05) is 25.9 Å². The van der Waals surface area contributed by atoms with E-state index < -0.39 is 24.4 Å². The maximum atomic E-state index is 11.6. The van der Waals surface area contributed by atoms with Crippen LogP contribution in [0.2, 0.25) is 0 Å². The summed E-state index contributed by atoms with van der Waals surface area (Å²) in [6.45, 7) is 3.66. The number of carbonyl (C=O) groups excluding carboxylic acids is 2. The van der Waals surface area contributed by atoms with Gasteiger partial charge in [-0.3, -0.25) is 0 Å². The second kappa shape index (κ2) is 9.54. The minimum atomic E-state index is -0.478. The molecule has 2 aliphatic rings. The number of fused-ring (bicyclic) bond motifs is 1. The molecule has 1 aliphatic carbocycles. The number of carbonyl (C=O) groups is 2. The summed E-state index contributed by atoms with van der Waals surface area (Å²) < 4.78 is 10.8. The highest BCUT2D eigenvalue weighted by molar-refractivity contribution is 6.02. The number of ether oxygens (including phenoxy) is 2. The summed E-state index contributed by atoms with van der Waals surface area (Å²) in [6.07, 6.45) is 4.69. The zero-order valence-corrected chi connectivity index (χ0v) is 16.1. The number of hydrogen-bond acceptors (Lipinski definition) is 6. The lowest BCUT2D eigenvalue weighted by Gasteiger charge is -2.36. The van der Waals surface area contributed by atoms with Gasteiger partial charge in [-0.15, -0.1) is 0 Å². The molecule has 8 heteroatoms. The first-order valence-electron chi connectivity index (χ1n) is 9.39. The van der Waals surface area contributed by atoms with E-state index in [4.69, 9.17) is 9.47 Å². The third-order valence-electron chi connectivity index (χ3n) is 5.12. The molecular weight excluding hydrogens is 336 g/mol. The van der Waals surface area contributed by atoms with Crippen LogP contribution in [0, 0.1) is 11.8 Å². The van der Waals surface area contributed by atoms with Crippen molar-refractivity contribution in [2.24, 2.45) is 22.0 Å². The van der Waals surface area contributed by atoms with Gasteiger partial charge >= 0.3 is 12.2 Å². The van der Waals surface area contributed by atoms with Crippen LogP contribution in [-0.4, -0.2) is 49.9 Å². The Morgan fingerprint density at radius 3 is 1.58 bits per heavy atom. The smallest absolute Gasteiger partial charge is 0.407 e. The Kier molecular flexibility index (Phi) is 7.41. The Morgan fingerprint density at radius 2 is 1.23 bits per heavy atom. The molecule has 0 aromatic carbocycles. The predicted octanol–water partition coefficient (Wildman–Crippen LogP) is 2.87. The second-order valence-electron chi connectivity index (χ2n) is 6.85. The van der Waals surface area contributed by atoms with Crippen LogP contribution in [0.1, 0.15) is 52.4 Å². The van der Waals surface area contributed by atoms with E-state index in [1.807, 2.05) is 13.8 Å². The van der Waals surface area contributed by atoms with Gasteiger partial charge in [0.15, 0.2) is 0 Å². The normalized spacial score (nSPS) is 25.2. The van der Waals surface area contributed by atoms with Gasteiger partial charge in [-0.2, -0.15) is 10.2 Å². The van der Waals surface area contributed by atoms with Gasteiger partial charge in [-0.05, 0) is 26.7 Å². The molecule has 2 rings (SSSR count). The summed E-state index contributed by atoms with van der Waals surface area (Å²) in [5, 5.41) is 13.7. The van der Waals surface area contributed by atoms with Crippen molar-refractivity contribution >= 4 is 23.6 Å². The van der Waals surface area contributed by atoms with E-state index in [2.05, 4.69) is 20.8 Å². The summed E-state index contributed by atoms with van der Waals surface area (Å²) in [5.74, 6) is 0.302. The van der Waals surface area contributed by atoms with Gasteiger partial charge in [0.05, 0.1) is 11.4 Å². The molecule has 8 nitrogen and oxygen atoms in total. The molecule has 4 atom stereocenters. The van der Waals surface area contributed by atoms with Gasteiger partial charge in [-0.25, -0.2) is 9.59 Å². The van der Waals surface area contributed by atoms with Crippen molar-refractivity contribution in [1.29, 1.82) is 0 Å². The molecule has 0 bridgehead atoms. The monoisotopic (exact) mass is 366 g/mol. The summed E-state index contributed by atoms with van der Waals surface area (Å²) >= 11 is 0. The van der Waals surface area contributed by atoms with E-state index in [0.29, 0.717) is 0 Å². The zero-order chi connectivity index (χ0) is 19.1. The SMILES string of the molecule is CNC(=O)OC(C)C1=NN=C(C(C)OC(=O)NC)C2CCCCCCC12. The van der Waals surface area contributed by atoms with E-state index >= 15 is 0 Å². The largest absolute Gasteiger partial charge is 0.440 e. The molecule has 1 heterocycles. The highest BCUT2D eigenvalue weighted by atomic mass is 16.6. The predicted molar refractivity (Wildman–Crippen MR) is 99.6 cm³/mol. The quantitative estimate of drug-likeness (QED) is 0.799. The molecule has 2 amide bonds. The molecule has 26 heavy (non-hydrogen) atoms. The van der Waals surface area contributed by atoms with Crippen LogP contribution >= 0.6 is 0 Å². The number of hydrogen-bond donors (Lipinski definition) is 2. The summed E-state index contributed by atoms with van der Waals surface area (Å²) in [6, 6.07) is 0. The summed E-state index contributed by atoms with van der Waals surface area (Å²) in [5.41, 5.74) is 1.60. The fourth-order valence-corrected chi connectivity index (χ4v) is 3.78. The minimum Gasteiger partial charge on any atom is -0.440 e. The minimum absolute atomic E-state index is 0.151. The lowest BCUT2D eigenvalue weighted by Crippen LogP contribution is -2.44. The number of amides is 2. The second-order valence-corrected chi connectivity index (χ2v) is 6.85. The molecule has 1 aliphatic heterocycles. The molecule has 4 unspecified atom stereocenters. The van der Waals surface area contributed by atoms with Gasteiger partial charge < -0.3 is 20.1 Å². The Labute approximate surface area is 154 Å². The maximum Gasteiger partial charge on any atom is 0.407 e. The molecule has 0 aromatic heterocycles. The van der Waals surface area contributed by atoms with Crippen LogP contribution in [0.3, 0.4) is 0 Å². The molecule has 1 fully saturated rings. The van der Waals surface area contributed by atoms with Crippen LogP contribution in [0.25, 0.3) is 0 Å². The van der Waals surface area contributed by atoms with Crippen LogP contribution in [0.5, 0.6) is 0 Å². The van der Waals surface area contributed by atoms with Crippen LogP contribution in [0.4, 0.5) is 9.59 Å². The average Bonchev–Trinajstić information content (AvgIpc) is 2.60. The fraction of sp³-hybridized carbons (Fsp3) is 0.778. The number of alkyl carbamates (subject to hydrolysis) is 2. The number of rotatable bonds is 4. The standard InChI is InChI=1S/C18H30N4O4/c1-11(25-17(23)19-3)15-13-9-7-5-6-8-10-14(13)16(22-21-15)12(2)26-18(24)20-4/h11-14H,5-10H2,1-4H3,(H,19,23)(H,20,24). The molecule has 0 aromatic rings. The van der Waals surface area contributed by atoms with E-state index in [9.17, 15) is 9.59 Å². The van der Waals surface area contributed by atoms with Crippen LogP contribution < -0.4 is 10.6 Å². The third kappa shape index (κ3) is 4.95. The molecule has 1 saturated carbocycles. The highest BCUT2D eigenvalue weighted by Crippen LogP contribution is 2.35. The third-order valence-corrected chi connectivity index (χ3v) is 5.12. The topological polar surface area (TPSA) is 101 Å². The van der Waals surface area contributed by atoms with Crippen molar-refractivity contribution in [3.63, 3.8) is 0 Å². The Morgan fingerprint density at radius 1 is 0.846 bits per heavy atom.